The number of amides is 2. The number of hydrogen-bond donors (Lipinski definition) is 2. The van der Waals surface area contributed by atoms with Crippen LogP contribution in [0.3, 0.4) is 0 Å². The number of nitrogens with one attached hydrogen (secondary N) is 2. The fourth-order valence-corrected chi connectivity index (χ4v) is 5.47. The molecule has 10 nitrogen and oxygen atoms in total. The number of rotatable bonds is 7. The summed E-state index contributed by atoms with van der Waals surface area (Å²) in [5, 5.41) is 16.7. The highest BCUT2D eigenvalue weighted by atomic mass is 19.4. The number of halogens is 6. The highest BCUT2D eigenvalue weighted by Gasteiger charge is 2.38. The van der Waals surface area contributed by atoms with E-state index in [4.69, 9.17) is 4.74 Å². The Kier molecular flexibility index (Phi) is 9.44. The van der Waals surface area contributed by atoms with Crippen LogP contribution in [0, 0.1) is 10.1 Å². The van der Waals surface area contributed by atoms with E-state index in [-0.39, 0.29) is 23.5 Å². The summed E-state index contributed by atoms with van der Waals surface area (Å²) in [5.74, 6) is 1.08. The van der Waals surface area contributed by atoms with Crippen molar-refractivity contribution in [2.45, 2.75) is 50.2 Å². The molecule has 1 saturated carbocycles. The van der Waals surface area contributed by atoms with Gasteiger partial charge in [-0.2, -0.15) is 31.3 Å². The number of urea groups is 1. The summed E-state index contributed by atoms with van der Waals surface area (Å²) in [4.78, 5) is 30.8. The van der Waals surface area contributed by atoms with Crippen molar-refractivity contribution in [3.05, 3.63) is 81.9 Å². The predicted molar refractivity (Wildman–Crippen MR) is 157 cm³/mol. The lowest BCUT2D eigenvalue weighted by molar-refractivity contribution is -0.388. The molecule has 0 bridgehead atoms. The minimum Gasteiger partial charge on any atom is -0.474 e. The topological polar surface area (TPSA) is 113 Å². The van der Waals surface area contributed by atoms with Crippen LogP contribution in [-0.4, -0.2) is 59.2 Å². The molecule has 46 heavy (non-hydrogen) atoms. The van der Waals surface area contributed by atoms with Crippen LogP contribution in [0.5, 0.6) is 5.88 Å². The Morgan fingerprint density at radius 3 is 2.13 bits per heavy atom. The molecule has 1 aliphatic carbocycles. The SMILES string of the molecule is O=C(Nc1ccc(C(F)(F)F)cc1)N1CCN(c2cccc(O[C@H]3CC[C@H](Nc4ccc([N+](=O)[O-])c(C(F)(F)F)c4)CC3)n2)CC1. The van der Waals surface area contributed by atoms with Crippen molar-refractivity contribution >= 4 is 28.9 Å². The molecule has 2 fully saturated rings. The standard InChI is InChI=1S/C30H30F6N6O4/c31-29(32,33)19-4-6-21(7-5-19)38-28(43)41-16-14-40(15-17-41)26-2-1-3-27(39-26)46-23-11-8-20(9-12-23)37-22-10-13-25(42(44)45)24(18-22)30(34,35)36/h1-7,10,13,18,20,23,37H,8-9,11-12,14-17H2,(H,38,43)/t20-,23-. The fraction of sp³-hybridized carbons (Fsp3) is 0.400. The van der Waals surface area contributed by atoms with E-state index < -0.39 is 40.1 Å². The molecule has 0 unspecified atom stereocenters. The minimum absolute atomic E-state index is 0.130. The summed E-state index contributed by atoms with van der Waals surface area (Å²) < 4.78 is 84.4. The second-order valence-corrected chi connectivity index (χ2v) is 11.0. The number of nitro groups is 1. The van der Waals surface area contributed by atoms with Gasteiger partial charge in [-0.05, 0) is 68.1 Å². The van der Waals surface area contributed by atoms with Gasteiger partial charge in [0.05, 0.1) is 10.5 Å². The molecule has 1 saturated heterocycles. The molecule has 0 radical (unpaired) electrons. The molecule has 5 rings (SSSR count). The maximum atomic E-state index is 13.3. The van der Waals surface area contributed by atoms with E-state index in [1.54, 1.807) is 17.0 Å². The predicted octanol–water partition coefficient (Wildman–Crippen LogP) is 7.18. The molecule has 2 N–H and O–H groups in total. The molecule has 1 aliphatic heterocycles. The smallest absolute Gasteiger partial charge is 0.423 e. The van der Waals surface area contributed by atoms with Crippen molar-refractivity contribution in [1.29, 1.82) is 0 Å². The van der Waals surface area contributed by atoms with Gasteiger partial charge in [0.1, 0.15) is 17.5 Å². The van der Waals surface area contributed by atoms with Crippen molar-refractivity contribution in [2.75, 3.05) is 41.7 Å². The van der Waals surface area contributed by atoms with E-state index in [2.05, 4.69) is 15.6 Å². The third-order valence-corrected chi connectivity index (χ3v) is 7.89. The number of anilines is 3. The maximum Gasteiger partial charge on any atom is 0.423 e. The number of piperazine rings is 1. The summed E-state index contributed by atoms with van der Waals surface area (Å²) in [5.41, 5.74) is -2.66. The quantitative estimate of drug-likeness (QED) is 0.158. The normalized spacial score (nSPS) is 19.0. The molecule has 246 valence electrons. The average Bonchev–Trinajstić information content (AvgIpc) is 3.01. The lowest BCUT2D eigenvalue weighted by Gasteiger charge is -2.35. The maximum absolute atomic E-state index is 13.3. The van der Waals surface area contributed by atoms with Gasteiger partial charge in [0.15, 0.2) is 0 Å². The van der Waals surface area contributed by atoms with Gasteiger partial charge < -0.3 is 25.2 Å². The third kappa shape index (κ3) is 8.09. The number of nitro benzene ring substituents is 1. The van der Waals surface area contributed by atoms with Gasteiger partial charge in [-0.3, -0.25) is 10.1 Å². The van der Waals surface area contributed by atoms with Crippen LogP contribution in [0.25, 0.3) is 0 Å². The molecular formula is C30H30F6N6O4. The number of aromatic nitrogens is 1. The van der Waals surface area contributed by atoms with Crippen molar-refractivity contribution in [3.63, 3.8) is 0 Å². The van der Waals surface area contributed by atoms with Crippen LogP contribution in [0.1, 0.15) is 36.8 Å². The van der Waals surface area contributed by atoms with Crippen molar-refractivity contribution in [1.82, 2.24) is 9.88 Å². The van der Waals surface area contributed by atoms with Gasteiger partial charge in [0.2, 0.25) is 5.88 Å². The molecule has 2 heterocycles. The Bertz CT molecular complexity index is 1540. The molecular weight excluding hydrogens is 622 g/mol. The Balaban J connectivity index is 1.09. The van der Waals surface area contributed by atoms with Crippen molar-refractivity contribution in [2.24, 2.45) is 0 Å². The number of carbonyl (C=O) groups is 1. The van der Waals surface area contributed by atoms with Gasteiger partial charge in [-0.15, -0.1) is 0 Å². The summed E-state index contributed by atoms with van der Waals surface area (Å²) in [7, 11) is 0. The summed E-state index contributed by atoms with van der Waals surface area (Å²) >= 11 is 0. The van der Waals surface area contributed by atoms with E-state index in [0.717, 1.165) is 24.3 Å². The van der Waals surface area contributed by atoms with Gasteiger partial charge in [-0.1, -0.05) is 6.07 Å². The van der Waals surface area contributed by atoms with Crippen LogP contribution >= 0.6 is 0 Å². The third-order valence-electron chi connectivity index (χ3n) is 7.89. The number of pyridine rings is 1. The van der Waals surface area contributed by atoms with Crippen LogP contribution in [-0.2, 0) is 12.4 Å². The lowest BCUT2D eigenvalue weighted by atomic mass is 9.92. The summed E-state index contributed by atoms with van der Waals surface area (Å²) in [6.45, 7) is 1.70. The fourth-order valence-electron chi connectivity index (χ4n) is 5.47. The molecule has 2 amide bonds. The van der Waals surface area contributed by atoms with Gasteiger partial charge >= 0.3 is 18.4 Å². The number of ether oxygens (including phenoxy) is 1. The summed E-state index contributed by atoms with van der Waals surface area (Å²) in [6, 6.07) is 12.0. The first kappa shape index (κ1) is 32.6. The first-order valence-electron chi connectivity index (χ1n) is 14.5. The Hall–Kier alpha value is -4.76. The first-order chi connectivity index (χ1) is 21.8. The van der Waals surface area contributed by atoms with E-state index in [0.29, 0.717) is 63.6 Å². The molecule has 0 atom stereocenters. The first-order valence-corrected chi connectivity index (χ1v) is 14.5. The van der Waals surface area contributed by atoms with Gasteiger partial charge in [0.25, 0.3) is 5.69 Å². The number of carbonyl (C=O) groups excluding carboxylic acids is 1. The zero-order valence-corrected chi connectivity index (χ0v) is 24.3. The Morgan fingerprint density at radius 2 is 1.52 bits per heavy atom. The number of alkyl halides is 6. The van der Waals surface area contributed by atoms with Gasteiger partial charge in [-0.25, -0.2) is 4.79 Å². The van der Waals surface area contributed by atoms with E-state index in [9.17, 15) is 41.3 Å². The highest BCUT2D eigenvalue weighted by molar-refractivity contribution is 5.89. The number of nitrogens with zero attached hydrogens (tertiary/aromatic N) is 4. The monoisotopic (exact) mass is 652 g/mol. The molecule has 1 aromatic heterocycles. The number of hydrogen-bond acceptors (Lipinski definition) is 7. The van der Waals surface area contributed by atoms with Crippen LogP contribution in [0.15, 0.2) is 60.7 Å². The average molecular weight is 653 g/mol. The second kappa shape index (κ2) is 13.3. The molecule has 2 aliphatic rings. The zero-order valence-electron chi connectivity index (χ0n) is 24.3. The number of benzene rings is 2. The molecule has 16 heteroatoms. The Morgan fingerprint density at radius 1 is 0.870 bits per heavy atom. The zero-order chi connectivity index (χ0) is 33.1. The molecule has 0 spiro atoms. The van der Waals surface area contributed by atoms with Crippen LogP contribution in [0.2, 0.25) is 0 Å². The summed E-state index contributed by atoms with van der Waals surface area (Å²) in [6.07, 6.45) is -7.01. The molecule has 3 aromatic rings. The van der Waals surface area contributed by atoms with Crippen molar-refractivity contribution < 1.29 is 40.8 Å². The van der Waals surface area contributed by atoms with E-state index >= 15 is 0 Å². The van der Waals surface area contributed by atoms with Crippen LogP contribution < -0.4 is 20.3 Å². The molecule has 2 aromatic carbocycles. The van der Waals surface area contributed by atoms with Gasteiger partial charge in [0, 0.05) is 55.7 Å². The Labute approximate surface area is 259 Å². The van der Waals surface area contributed by atoms with Crippen molar-refractivity contribution in [3.8, 4) is 5.88 Å². The lowest BCUT2D eigenvalue weighted by Crippen LogP contribution is -2.50. The highest BCUT2D eigenvalue weighted by Crippen LogP contribution is 2.38. The van der Waals surface area contributed by atoms with Crippen LogP contribution in [0.4, 0.5) is 54.0 Å². The van der Waals surface area contributed by atoms with E-state index in [1.807, 2.05) is 11.0 Å². The van der Waals surface area contributed by atoms with E-state index in [1.165, 1.54) is 18.2 Å². The minimum atomic E-state index is -4.85. The largest absolute Gasteiger partial charge is 0.474 e. The second-order valence-electron chi connectivity index (χ2n) is 11.0.